The highest BCUT2D eigenvalue weighted by Crippen LogP contribution is 2.30. The summed E-state index contributed by atoms with van der Waals surface area (Å²) in [7, 11) is -3.69. The van der Waals surface area contributed by atoms with Crippen molar-refractivity contribution in [1.29, 1.82) is 0 Å². The number of nitrogens with zero attached hydrogens (tertiary/aromatic N) is 2. The first-order chi connectivity index (χ1) is 19.9. The van der Waals surface area contributed by atoms with Gasteiger partial charge in [-0.3, -0.25) is 4.79 Å². The molecule has 0 aliphatic rings. The molecule has 4 rings (SSSR count). The Balaban J connectivity index is 1.47. The lowest BCUT2D eigenvalue weighted by Crippen LogP contribution is -2.30. The third-order valence-electron chi connectivity index (χ3n) is 6.26. The highest BCUT2D eigenvalue weighted by molar-refractivity contribution is 7.89. The number of benzene rings is 4. The van der Waals surface area contributed by atoms with Gasteiger partial charge >= 0.3 is 0 Å². The average molecular weight is 572 g/mol. The summed E-state index contributed by atoms with van der Waals surface area (Å²) in [5.74, 6) is 0.591. The van der Waals surface area contributed by atoms with Gasteiger partial charge in [0.25, 0.3) is 5.91 Å². The Hall–Kier alpha value is -4.47. The van der Waals surface area contributed by atoms with Gasteiger partial charge in [0.05, 0.1) is 11.1 Å². The van der Waals surface area contributed by atoms with Crippen LogP contribution in [0.15, 0.2) is 113 Å². The van der Waals surface area contributed by atoms with Crippen molar-refractivity contribution in [1.82, 2.24) is 9.73 Å². The zero-order valence-corrected chi connectivity index (χ0v) is 23.9. The molecule has 0 bridgehead atoms. The van der Waals surface area contributed by atoms with Gasteiger partial charge in [-0.25, -0.2) is 13.8 Å². The van der Waals surface area contributed by atoms with Crippen LogP contribution in [0.4, 0.5) is 0 Å². The Labute approximate surface area is 241 Å². The molecule has 8 nitrogen and oxygen atoms in total. The van der Waals surface area contributed by atoms with Crippen LogP contribution in [0.5, 0.6) is 11.5 Å². The third kappa shape index (κ3) is 8.03. The lowest BCUT2D eigenvalue weighted by atomic mass is 10.2. The Kier molecular flexibility index (Phi) is 10.3. The smallest absolute Gasteiger partial charge is 0.271 e. The van der Waals surface area contributed by atoms with Crippen LogP contribution in [0, 0.1) is 0 Å². The number of hydrogen-bond acceptors (Lipinski definition) is 6. The molecule has 0 aliphatic carbocycles. The van der Waals surface area contributed by atoms with E-state index >= 15 is 0 Å². The first kappa shape index (κ1) is 29.5. The first-order valence-electron chi connectivity index (χ1n) is 13.3. The van der Waals surface area contributed by atoms with Crippen LogP contribution < -0.4 is 14.9 Å². The highest BCUT2D eigenvalue weighted by atomic mass is 32.2. The molecule has 0 heterocycles. The van der Waals surface area contributed by atoms with Crippen molar-refractivity contribution in [2.75, 3.05) is 13.1 Å². The van der Waals surface area contributed by atoms with Crippen LogP contribution in [-0.2, 0) is 23.2 Å². The summed E-state index contributed by atoms with van der Waals surface area (Å²) in [5, 5.41) is 4.08. The molecule has 4 aromatic carbocycles. The highest BCUT2D eigenvalue weighted by Gasteiger charge is 2.22. The molecule has 0 aliphatic heterocycles. The fourth-order valence-electron chi connectivity index (χ4n) is 4.05. The van der Waals surface area contributed by atoms with Gasteiger partial charge in [-0.05, 0) is 53.1 Å². The van der Waals surface area contributed by atoms with Crippen molar-refractivity contribution < 1.29 is 22.7 Å². The summed E-state index contributed by atoms with van der Waals surface area (Å²) in [5.41, 5.74) is 5.38. The lowest BCUT2D eigenvalue weighted by Gasteiger charge is -2.18. The number of hydrogen-bond donors (Lipinski definition) is 1. The number of sulfonamides is 1. The van der Waals surface area contributed by atoms with Crippen molar-refractivity contribution in [3.8, 4) is 11.5 Å². The Morgan fingerprint density at radius 3 is 2.00 bits per heavy atom. The predicted molar refractivity (Wildman–Crippen MR) is 160 cm³/mol. The van der Waals surface area contributed by atoms with E-state index in [2.05, 4.69) is 10.5 Å². The molecule has 0 fully saturated rings. The van der Waals surface area contributed by atoms with Crippen molar-refractivity contribution in [3.05, 3.63) is 125 Å². The number of rotatable bonds is 13. The molecule has 0 unspecified atom stereocenters. The number of carbonyl (C=O) groups is 1. The topological polar surface area (TPSA) is 97.3 Å². The maximum Gasteiger partial charge on any atom is 0.271 e. The molecule has 4 aromatic rings. The number of carbonyl (C=O) groups excluding carboxylic acids is 1. The molecular weight excluding hydrogens is 538 g/mol. The van der Waals surface area contributed by atoms with E-state index in [1.165, 1.54) is 22.7 Å². The van der Waals surface area contributed by atoms with E-state index in [0.717, 1.165) is 11.1 Å². The third-order valence-corrected chi connectivity index (χ3v) is 8.31. The maximum atomic E-state index is 12.8. The van der Waals surface area contributed by atoms with E-state index in [-0.39, 0.29) is 10.5 Å². The van der Waals surface area contributed by atoms with Gasteiger partial charge < -0.3 is 9.47 Å². The molecule has 1 amide bonds. The Morgan fingerprint density at radius 2 is 1.39 bits per heavy atom. The Morgan fingerprint density at radius 1 is 0.780 bits per heavy atom. The molecule has 0 saturated heterocycles. The number of ether oxygens (including phenoxy) is 2. The predicted octanol–water partition coefficient (Wildman–Crippen LogP) is 5.64. The fraction of sp³-hybridized carbons (Fsp3) is 0.188. The minimum atomic E-state index is -3.69. The Bertz CT molecular complexity index is 1570. The normalized spacial score (nSPS) is 11.5. The maximum absolute atomic E-state index is 12.8. The van der Waals surface area contributed by atoms with Crippen molar-refractivity contribution in [2.24, 2.45) is 5.10 Å². The number of amides is 1. The summed E-state index contributed by atoms with van der Waals surface area (Å²) < 4.78 is 39.2. The minimum absolute atomic E-state index is 0.0594. The quantitative estimate of drug-likeness (QED) is 0.166. The molecule has 0 radical (unpaired) electrons. The molecule has 0 atom stereocenters. The summed E-state index contributed by atoms with van der Waals surface area (Å²) in [6.45, 7) is 4.96. The van der Waals surface area contributed by atoms with Crippen LogP contribution in [0.1, 0.15) is 40.9 Å². The van der Waals surface area contributed by atoms with Crippen LogP contribution in [0.2, 0.25) is 0 Å². The van der Waals surface area contributed by atoms with Crippen LogP contribution in [0.25, 0.3) is 0 Å². The molecule has 9 heteroatoms. The molecule has 0 spiro atoms. The van der Waals surface area contributed by atoms with Crippen molar-refractivity contribution in [2.45, 2.75) is 32.0 Å². The lowest BCUT2D eigenvalue weighted by molar-refractivity contribution is 0.0955. The molecule has 212 valence electrons. The molecule has 0 saturated carbocycles. The van der Waals surface area contributed by atoms with Gasteiger partial charge in [0.15, 0.2) is 11.5 Å². The van der Waals surface area contributed by atoms with E-state index in [1.807, 2.05) is 66.7 Å². The first-order valence-corrected chi connectivity index (χ1v) is 14.8. The molecule has 0 aromatic heterocycles. The zero-order chi connectivity index (χ0) is 29.1. The van der Waals surface area contributed by atoms with Crippen LogP contribution in [-0.4, -0.2) is 37.9 Å². The zero-order valence-electron chi connectivity index (χ0n) is 23.1. The number of nitrogens with one attached hydrogen (secondary N) is 1. The van der Waals surface area contributed by atoms with Gasteiger partial charge in [0.1, 0.15) is 13.2 Å². The second kappa shape index (κ2) is 14.2. The van der Waals surface area contributed by atoms with Crippen molar-refractivity contribution >= 4 is 22.1 Å². The largest absolute Gasteiger partial charge is 0.485 e. The summed E-state index contributed by atoms with van der Waals surface area (Å²) in [6, 6.07) is 31.0. The van der Waals surface area contributed by atoms with E-state index in [0.29, 0.717) is 43.4 Å². The van der Waals surface area contributed by atoms with Crippen molar-refractivity contribution in [3.63, 3.8) is 0 Å². The summed E-state index contributed by atoms with van der Waals surface area (Å²) in [4.78, 5) is 12.8. The monoisotopic (exact) mass is 571 g/mol. The SMILES string of the molecule is CCN(CC)S(=O)(=O)c1cccc(C(=O)N/N=C/c2ccc(OCc3ccccc3)c(OCc3ccccc3)c2)c1. The van der Waals surface area contributed by atoms with Gasteiger partial charge in [-0.2, -0.15) is 9.41 Å². The van der Waals surface area contributed by atoms with Crippen LogP contribution in [0.3, 0.4) is 0 Å². The van der Waals surface area contributed by atoms with Gasteiger partial charge in [0.2, 0.25) is 10.0 Å². The van der Waals surface area contributed by atoms with Crippen LogP contribution >= 0.6 is 0 Å². The van der Waals surface area contributed by atoms with E-state index < -0.39 is 15.9 Å². The minimum Gasteiger partial charge on any atom is -0.485 e. The summed E-state index contributed by atoms with van der Waals surface area (Å²) in [6.07, 6.45) is 1.49. The molecule has 41 heavy (non-hydrogen) atoms. The van der Waals surface area contributed by atoms with Gasteiger partial charge in [-0.15, -0.1) is 0 Å². The standard InChI is InChI=1S/C32H33N3O5S/c1-3-35(4-2)41(37,38)29-17-11-16-28(21-29)32(36)34-33-22-27-18-19-30(39-23-25-12-7-5-8-13-25)31(20-27)40-24-26-14-9-6-10-15-26/h5-22H,3-4,23-24H2,1-2H3,(H,34,36)/b33-22+. The average Bonchev–Trinajstić information content (AvgIpc) is 3.01. The summed E-state index contributed by atoms with van der Waals surface area (Å²) >= 11 is 0. The van der Waals surface area contributed by atoms with E-state index in [9.17, 15) is 13.2 Å². The van der Waals surface area contributed by atoms with E-state index in [1.54, 1.807) is 38.1 Å². The van der Waals surface area contributed by atoms with E-state index in [4.69, 9.17) is 9.47 Å². The van der Waals surface area contributed by atoms with Gasteiger partial charge in [-0.1, -0.05) is 80.6 Å². The molecule has 1 N–H and O–H groups in total. The second-order valence-corrected chi connectivity index (χ2v) is 11.0. The second-order valence-electron chi connectivity index (χ2n) is 9.07. The van der Waals surface area contributed by atoms with Gasteiger partial charge in [0, 0.05) is 18.7 Å². The fourth-order valence-corrected chi connectivity index (χ4v) is 5.55. The molecular formula is C32H33N3O5S. The number of hydrazone groups is 1.